The summed E-state index contributed by atoms with van der Waals surface area (Å²) in [5.41, 5.74) is 1.34. The van der Waals surface area contributed by atoms with Gasteiger partial charge in [-0.15, -0.1) is 0 Å². The molecule has 0 saturated carbocycles. The van der Waals surface area contributed by atoms with E-state index in [9.17, 15) is 0 Å². The Morgan fingerprint density at radius 3 is 2.76 bits per heavy atom. The summed E-state index contributed by atoms with van der Waals surface area (Å²) in [5.74, 6) is 5.87. The largest absolute Gasteiger partial charge is 0.394 e. The summed E-state index contributed by atoms with van der Waals surface area (Å²) in [5, 5.41) is 10.3. The fourth-order valence-electron chi connectivity index (χ4n) is 1.53. The molecule has 0 aromatic carbocycles. The number of rotatable bonds is 5. The molecule has 0 fully saturated rings. The molecule has 0 saturated heterocycles. The second kappa shape index (κ2) is 5.82. The van der Waals surface area contributed by atoms with E-state index in [2.05, 4.69) is 6.58 Å². The predicted octanol–water partition coefficient (Wildman–Crippen LogP) is 1.47. The molecule has 0 radical (unpaired) electrons. The average Bonchev–Trinajstić information content (AvgIpc) is 2.29. The van der Waals surface area contributed by atoms with E-state index in [0.717, 1.165) is 11.3 Å². The number of hydrazine groups is 1. The van der Waals surface area contributed by atoms with Crippen molar-refractivity contribution in [3.05, 3.63) is 48.4 Å². The first-order valence-corrected chi connectivity index (χ1v) is 5.53. The number of hydrogen-bond donors (Lipinski definition) is 2. The van der Waals surface area contributed by atoms with Gasteiger partial charge < -0.3 is 9.84 Å². The first-order valence-electron chi connectivity index (χ1n) is 5.53. The maximum atomic E-state index is 8.77. The lowest BCUT2D eigenvalue weighted by Crippen LogP contribution is -2.33. The van der Waals surface area contributed by atoms with Crippen LogP contribution in [0.2, 0.25) is 0 Å². The van der Waals surface area contributed by atoms with Crippen LogP contribution in [0.5, 0.6) is 0 Å². The fraction of sp³-hybridized carbons (Fsp3) is 0.385. The van der Waals surface area contributed by atoms with E-state index in [-0.39, 0.29) is 6.61 Å². The van der Waals surface area contributed by atoms with Gasteiger partial charge >= 0.3 is 0 Å². The lowest BCUT2D eigenvalue weighted by molar-refractivity contribution is -0.00677. The number of aliphatic hydroxyl groups is 1. The third kappa shape index (κ3) is 3.56. The van der Waals surface area contributed by atoms with Crippen LogP contribution in [0.1, 0.15) is 13.8 Å². The fourth-order valence-corrected chi connectivity index (χ4v) is 1.53. The normalized spacial score (nSPS) is 18.5. The smallest absolute Gasteiger partial charge is 0.0891 e. The number of hydrogen-bond acceptors (Lipinski definition) is 4. The van der Waals surface area contributed by atoms with Crippen molar-refractivity contribution in [1.82, 2.24) is 5.01 Å². The number of nitrogens with zero attached hydrogens (tertiary/aromatic N) is 1. The molecule has 1 heterocycles. The van der Waals surface area contributed by atoms with Crippen molar-refractivity contribution in [2.45, 2.75) is 19.4 Å². The van der Waals surface area contributed by atoms with Gasteiger partial charge in [-0.2, -0.15) is 0 Å². The van der Waals surface area contributed by atoms with E-state index < -0.39 is 5.60 Å². The summed E-state index contributed by atoms with van der Waals surface area (Å²) in [6, 6.07) is 0. The molecule has 3 N–H and O–H groups in total. The van der Waals surface area contributed by atoms with Gasteiger partial charge in [-0.05, 0) is 26.0 Å². The molecule has 0 aromatic heterocycles. The Labute approximate surface area is 102 Å². The average molecular weight is 236 g/mol. The molecule has 0 amide bonds. The molecule has 1 aliphatic rings. The number of ether oxygens (including phenoxy) is 1. The first kappa shape index (κ1) is 13.7. The van der Waals surface area contributed by atoms with Gasteiger partial charge in [0.2, 0.25) is 0 Å². The van der Waals surface area contributed by atoms with Gasteiger partial charge in [-0.25, -0.2) is 5.84 Å². The molecular formula is C13H20N2O2. The topological polar surface area (TPSA) is 58.7 Å². The molecule has 0 spiro atoms. The summed E-state index contributed by atoms with van der Waals surface area (Å²) >= 11 is 0. The van der Waals surface area contributed by atoms with Crippen LogP contribution in [0.25, 0.3) is 0 Å². The molecule has 1 rings (SSSR count). The van der Waals surface area contributed by atoms with Crippen LogP contribution in [0.15, 0.2) is 48.4 Å². The quantitative estimate of drug-likeness (QED) is 0.710. The van der Waals surface area contributed by atoms with E-state index in [1.165, 1.54) is 5.01 Å². The highest BCUT2D eigenvalue weighted by Gasteiger charge is 2.24. The van der Waals surface area contributed by atoms with E-state index in [1.807, 2.05) is 38.3 Å². The summed E-state index contributed by atoms with van der Waals surface area (Å²) in [6.45, 7) is 7.82. The van der Waals surface area contributed by atoms with Gasteiger partial charge in [0.05, 0.1) is 24.5 Å². The van der Waals surface area contributed by atoms with Crippen LogP contribution in [0.3, 0.4) is 0 Å². The number of aliphatic hydroxyl groups excluding tert-OH is 1. The molecule has 1 aliphatic heterocycles. The van der Waals surface area contributed by atoms with E-state index in [4.69, 9.17) is 15.7 Å². The van der Waals surface area contributed by atoms with Crippen molar-refractivity contribution in [3.8, 4) is 0 Å². The van der Waals surface area contributed by atoms with E-state index in [0.29, 0.717) is 6.61 Å². The van der Waals surface area contributed by atoms with Crippen LogP contribution in [0, 0.1) is 0 Å². The maximum Gasteiger partial charge on any atom is 0.0891 e. The Balaban J connectivity index is 2.82. The minimum Gasteiger partial charge on any atom is -0.394 e. The Bertz CT molecular complexity index is 368. The molecule has 4 heteroatoms. The Hall–Kier alpha value is -1.36. The SMILES string of the molecule is C=C/C=C1/C=CC(C(C)(C)OCCO)=CN1N. The molecule has 0 atom stereocenters. The highest BCUT2D eigenvalue weighted by Crippen LogP contribution is 2.26. The van der Waals surface area contributed by atoms with Crippen molar-refractivity contribution in [3.63, 3.8) is 0 Å². The van der Waals surface area contributed by atoms with Gasteiger partial charge in [0.25, 0.3) is 0 Å². The zero-order valence-corrected chi connectivity index (χ0v) is 10.4. The monoisotopic (exact) mass is 236 g/mol. The number of nitrogens with two attached hydrogens (primary N) is 1. The summed E-state index contributed by atoms with van der Waals surface area (Å²) in [7, 11) is 0. The Kier molecular flexibility index (Phi) is 4.69. The molecule has 0 aromatic rings. The molecular weight excluding hydrogens is 216 g/mol. The van der Waals surface area contributed by atoms with Crippen LogP contribution >= 0.6 is 0 Å². The van der Waals surface area contributed by atoms with Gasteiger partial charge in [0, 0.05) is 11.8 Å². The lowest BCUT2D eigenvalue weighted by atomic mass is 9.96. The zero-order chi connectivity index (χ0) is 12.9. The maximum absolute atomic E-state index is 8.77. The summed E-state index contributed by atoms with van der Waals surface area (Å²) in [4.78, 5) is 0. The number of allylic oxidation sites excluding steroid dienone is 3. The molecule has 17 heavy (non-hydrogen) atoms. The van der Waals surface area contributed by atoms with Crippen LogP contribution < -0.4 is 5.84 Å². The third-order valence-electron chi connectivity index (χ3n) is 2.55. The van der Waals surface area contributed by atoms with Gasteiger partial charge in [0.1, 0.15) is 0 Å². The lowest BCUT2D eigenvalue weighted by Gasteiger charge is -2.30. The van der Waals surface area contributed by atoms with Crippen molar-refractivity contribution >= 4 is 0 Å². The van der Waals surface area contributed by atoms with Gasteiger partial charge in [-0.1, -0.05) is 18.7 Å². The Morgan fingerprint density at radius 2 is 2.24 bits per heavy atom. The minimum atomic E-state index is -0.476. The van der Waals surface area contributed by atoms with Crippen molar-refractivity contribution in [2.75, 3.05) is 13.2 Å². The summed E-state index contributed by atoms with van der Waals surface area (Å²) < 4.78 is 5.57. The van der Waals surface area contributed by atoms with Gasteiger partial charge in [-0.3, -0.25) is 5.01 Å². The van der Waals surface area contributed by atoms with Gasteiger partial charge in [0.15, 0.2) is 0 Å². The predicted molar refractivity (Wildman–Crippen MR) is 68.6 cm³/mol. The second-order valence-electron chi connectivity index (χ2n) is 4.23. The summed E-state index contributed by atoms with van der Waals surface area (Å²) in [6.07, 6.45) is 9.18. The highest BCUT2D eigenvalue weighted by atomic mass is 16.5. The molecule has 0 aliphatic carbocycles. The zero-order valence-electron chi connectivity index (χ0n) is 10.4. The highest BCUT2D eigenvalue weighted by molar-refractivity contribution is 5.38. The second-order valence-corrected chi connectivity index (χ2v) is 4.23. The van der Waals surface area contributed by atoms with E-state index in [1.54, 1.807) is 6.08 Å². The third-order valence-corrected chi connectivity index (χ3v) is 2.55. The standard InChI is InChI=1S/C13H20N2O2/c1-4-5-12-7-6-11(10-15(12)14)13(2,3)17-9-8-16/h4-7,10,16H,1,8-9,14H2,2-3H3/b12-5-. The molecule has 0 bridgehead atoms. The minimum absolute atomic E-state index is 0.00831. The first-order chi connectivity index (χ1) is 8.01. The van der Waals surface area contributed by atoms with Crippen molar-refractivity contribution in [1.29, 1.82) is 0 Å². The van der Waals surface area contributed by atoms with E-state index >= 15 is 0 Å². The molecule has 0 unspecified atom stereocenters. The molecule has 4 nitrogen and oxygen atoms in total. The molecule has 94 valence electrons. The Morgan fingerprint density at radius 1 is 1.53 bits per heavy atom. The van der Waals surface area contributed by atoms with Crippen LogP contribution in [0.4, 0.5) is 0 Å². The van der Waals surface area contributed by atoms with Crippen molar-refractivity contribution < 1.29 is 9.84 Å². The van der Waals surface area contributed by atoms with Crippen LogP contribution in [-0.2, 0) is 4.74 Å². The van der Waals surface area contributed by atoms with Crippen molar-refractivity contribution in [2.24, 2.45) is 5.84 Å². The van der Waals surface area contributed by atoms with Crippen LogP contribution in [-0.4, -0.2) is 28.9 Å².